The molecule has 1 amide bonds. The van der Waals surface area contributed by atoms with Gasteiger partial charge in [0.1, 0.15) is 11.5 Å². The van der Waals surface area contributed by atoms with Crippen molar-refractivity contribution in [2.75, 3.05) is 5.32 Å². The third kappa shape index (κ3) is 2.83. The molecule has 5 heteroatoms. The van der Waals surface area contributed by atoms with Crippen LogP contribution in [0.15, 0.2) is 40.9 Å². The second-order valence-corrected chi connectivity index (χ2v) is 5.30. The van der Waals surface area contributed by atoms with E-state index in [9.17, 15) is 9.18 Å². The Morgan fingerprint density at radius 3 is 2.77 bits per heavy atom. The first kappa shape index (κ1) is 14.3. The quantitative estimate of drug-likeness (QED) is 0.801. The van der Waals surface area contributed by atoms with E-state index in [1.807, 2.05) is 26.0 Å². The maximum atomic E-state index is 13.1. The molecule has 0 saturated carbocycles. The Labute approximate surface area is 126 Å². The lowest BCUT2D eigenvalue weighted by atomic mass is 10.1. The predicted octanol–water partition coefficient (Wildman–Crippen LogP) is 3.76. The zero-order valence-corrected chi connectivity index (χ0v) is 12.3. The fourth-order valence-corrected chi connectivity index (χ4v) is 2.30. The number of aromatic nitrogens is 1. The molecule has 0 atom stereocenters. The van der Waals surface area contributed by atoms with E-state index in [2.05, 4.69) is 10.5 Å². The number of halogens is 1. The van der Waals surface area contributed by atoms with Gasteiger partial charge in [0.15, 0.2) is 5.58 Å². The van der Waals surface area contributed by atoms with Gasteiger partial charge in [0.2, 0.25) is 5.91 Å². The highest BCUT2D eigenvalue weighted by molar-refractivity contribution is 5.94. The molecule has 0 aliphatic carbocycles. The van der Waals surface area contributed by atoms with Gasteiger partial charge < -0.3 is 9.84 Å². The van der Waals surface area contributed by atoms with Crippen LogP contribution in [0.4, 0.5) is 10.1 Å². The Kier molecular flexibility index (Phi) is 3.63. The SMILES string of the molecule is Cc1cc2onc(CC(=O)Nc3cccc(F)c3)c2cc1C. The second kappa shape index (κ2) is 5.60. The summed E-state index contributed by atoms with van der Waals surface area (Å²) in [6.07, 6.45) is 0.0754. The molecule has 2 aromatic carbocycles. The molecule has 1 aromatic heterocycles. The number of nitrogens with one attached hydrogen (secondary N) is 1. The Bertz CT molecular complexity index is 855. The number of hydrogen-bond donors (Lipinski definition) is 1. The zero-order valence-electron chi connectivity index (χ0n) is 12.3. The molecular weight excluding hydrogens is 283 g/mol. The molecule has 3 aromatic rings. The fraction of sp³-hybridized carbons (Fsp3) is 0.176. The maximum absolute atomic E-state index is 13.1. The van der Waals surface area contributed by atoms with E-state index < -0.39 is 5.82 Å². The smallest absolute Gasteiger partial charge is 0.230 e. The zero-order chi connectivity index (χ0) is 15.7. The van der Waals surface area contributed by atoms with Crippen molar-refractivity contribution in [2.45, 2.75) is 20.3 Å². The van der Waals surface area contributed by atoms with Crippen molar-refractivity contribution >= 4 is 22.6 Å². The van der Waals surface area contributed by atoms with Crippen molar-refractivity contribution in [3.05, 3.63) is 59.0 Å². The summed E-state index contributed by atoms with van der Waals surface area (Å²) in [6.45, 7) is 3.99. The van der Waals surface area contributed by atoms with E-state index in [4.69, 9.17) is 4.52 Å². The van der Waals surface area contributed by atoms with E-state index in [0.29, 0.717) is 17.0 Å². The third-order valence-electron chi connectivity index (χ3n) is 3.60. The maximum Gasteiger partial charge on any atom is 0.230 e. The lowest BCUT2D eigenvalue weighted by Gasteiger charge is -2.04. The van der Waals surface area contributed by atoms with Gasteiger partial charge in [0.05, 0.1) is 6.42 Å². The van der Waals surface area contributed by atoms with E-state index in [-0.39, 0.29) is 12.3 Å². The van der Waals surface area contributed by atoms with Gasteiger partial charge >= 0.3 is 0 Å². The molecule has 0 radical (unpaired) electrons. The number of nitrogens with zero attached hydrogens (tertiary/aromatic N) is 1. The Morgan fingerprint density at radius 1 is 1.23 bits per heavy atom. The van der Waals surface area contributed by atoms with Crippen molar-refractivity contribution < 1.29 is 13.7 Å². The molecule has 4 nitrogen and oxygen atoms in total. The van der Waals surface area contributed by atoms with Crippen LogP contribution in [0.5, 0.6) is 0 Å². The van der Waals surface area contributed by atoms with Crippen LogP contribution in [0.2, 0.25) is 0 Å². The van der Waals surface area contributed by atoms with Gasteiger partial charge in [-0.05, 0) is 55.3 Å². The van der Waals surface area contributed by atoms with Gasteiger partial charge in [0.25, 0.3) is 0 Å². The highest BCUT2D eigenvalue weighted by Gasteiger charge is 2.14. The molecule has 0 bridgehead atoms. The minimum absolute atomic E-state index is 0.0754. The topological polar surface area (TPSA) is 55.1 Å². The van der Waals surface area contributed by atoms with Crippen LogP contribution in [0.25, 0.3) is 11.0 Å². The summed E-state index contributed by atoms with van der Waals surface area (Å²) in [4.78, 5) is 12.1. The van der Waals surface area contributed by atoms with E-state index in [1.54, 1.807) is 12.1 Å². The molecule has 0 fully saturated rings. The molecule has 0 aliphatic rings. The van der Waals surface area contributed by atoms with Crippen LogP contribution >= 0.6 is 0 Å². The highest BCUT2D eigenvalue weighted by Crippen LogP contribution is 2.23. The number of amides is 1. The van der Waals surface area contributed by atoms with Gasteiger partial charge in [0, 0.05) is 11.1 Å². The number of carbonyl (C=O) groups excluding carboxylic acids is 1. The normalized spacial score (nSPS) is 10.9. The van der Waals surface area contributed by atoms with E-state index in [1.165, 1.54) is 12.1 Å². The summed E-state index contributed by atoms with van der Waals surface area (Å²) < 4.78 is 18.4. The summed E-state index contributed by atoms with van der Waals surface area (Å²) in [5.74, 6) is -0.658. The third-order valence-corrected chi connectivity index (χ3v) is 3.60. The molecule has 3 rings (SSSR count). The molecule has 0 saturated heterocycles. The van der Waals surface area contributed by atoms with Crippen LogP contribution < -0.4 is 5.32 Å². The number of rotatable bonds is 3. The number of hydrogen-bond acceptors (Lipinski definition) is 3. The summed E-state index contributed by atoms with van der Waals surface area (Å²) in [6, 6.07) is 9.65. The van der Waals surface area contributed by atoms with Crippen LogP contribution in [-0.4, -0.2) is 11.1 Å². The lowest BCUT2D eigenvalue weighted by molar-refractivity contribution is -0.115. The molecular formula is C17H15FN2O2. The number of anilines is 1. The Balaban J connectivity index is 1.81. The van der Waals surface area contributed by atoms with Crippen molar-refractivity contribution in [3.8, 4) is 0 Å². The number of fused-ring (bicyclic) bond motifs is 1. The van der Waals surface area contributed by atoms with Crippen LogP contribution in [0.1, 0.15) is 16.8 Å². The minimum atomic E-state index is -0.393. The highest BCUT2D eigenvalue weighted by atomic mass is 19.1. The first-order valence-electron chi connectivity index (χ1n) is 6.94. The number of carbonyl (C=O) groups is 1. The fourth-order valence-electron chi connectivity index (χ4n) is 2.30. The first-order valence-corrected chi connectivity index (χ1v) is 6.94. The van der Waals surface area contributed by atoms with Crippen molar-refractivity contribution in [2.24, 2.45) is 0 Å². The molecule has 22 heavy (non-hydrogen) atoms. The van der Waals surface area contributed by atoms with Crippen molar-refractivity contribution in [3.63, 3.8) is 0 Å². The standard InChI is InChI=1S/C17H15FN2O2/c1-10-6-14-15(20-22-16(14)7-11(10)2)9-17(21)19-13-5-3-4-12(18)8-13/h3-8H,9H2,1-2H3,(H,19,21). The van der Waals surface area contributed by atoms with Crippen LogP contribution in [0, 0.1) is 19.7 Å². The van der Waals surface area contributed by atoms with E-state index in [0.717, 1.165) is 16.5 Å². The lowest BCUT2D eigenvalue weighted by Crippen LogP contribution is -2.14. The Morgan fingerprint density at radius 2 is 2.00 bits per heavy atom. The number of aryl methyl sites for hydroxylation is 2. The van der Waals surface area contributed by atoms with Gasteiger partial charge in [-0.25, -0.2) is 4.39 Å². The molecule has 0 spiro atoms. The molecule has 0 unspecified atom stereocenters. The van der Waals surface area contributed by atoms with Crippen LogP contribution in [0.3, 0.4) is 0 Å². The molecule has 1 heterocycles. The summed E-state index contributed by atoms with van der Waals surface area (Å²) in [7, 11) is 0. The van der Waals surface area contributed by atoms with Crippen molar-refractivity contribution in [1.29, 1.82) is 0 Å². The van der Waals surface area contributed by atoms with Gasteiger partial charge in [-0.3, -0.25) is 4.79 Å². The second-order valence-electron chi connectivity index (χ2n) is 5.30. The number of benzene rings is 2. The van der Waals surface area contributed by atoms with Gasteiger partial charge in [-0.2, -0.15) is 0 Å². The average molecular weight is 298 g/mol. The molecule has 0 aliphatic heterocycles. The largest absolute Gasteiger partial charge is 0.356 e. The van der Waals surface area contributed by atoms with Gasteiger partial charge in [-0.1, -0.05) is 11.2 Å². The predicted molar refractivity (Wildman–Crippen MR) is 82.2 cm³/mol. The van der Waals surface area contributed by atoms with Gasteiger partial charge in [-0.15, -0.1) is 0 Å². The van der Waals surface area contributed by atoms with Crippen molar-refractivity contribution in [1.82, 2.24) is 5.16 Å². The Hall–Kier alpha value is -2.69. The minimum Gasteiger partial charge on any atom is -0.356 e. The van der Waals surface area contributed by atoms with E-state index >= 15 is 0 Å². The summed E-state index contributed by atoms with van der Waals surface area (Å²) in [5.41, 5.74) is 3.88. The molecule has 1 N–H and O–H groups in total. The average Bonchev–Trinajstić information content (AvgIpc) is 2.81. The first-order chi connectivity index (χ1) is 10.5. The summed E-state index contributed by atoms with van der Waals surface area (Å²) in [5, 5.41) is 7.45. The monoisotopic (exact) mass is 298 g/mol. The van der Waals surface area contributed by atoms with Crippen LogP contribution in [-0.2, 0) is 11.2 Å². The molecule has 112 valence electrons. The summed E-state index contributed by atoms with van der Waals surface area (Å²) >= 11 is 0.